The largest absolute Gasteiger partial charge is 0.352 e. The van der Waals surface area contributed by atoms with Gasteiger partial charge in [0.15, 0.2) is 0 Å². The highest BCUT2D eigenvalue weighted by atomic mass is 16.2. The van der Waals surface area contributed by atoms with E-state index in [1.165, 1.54) is 0 Å². The number of amides is 3. The molecular weight excluding hydrogens is 402 g/mol. The van der Waals surface area contributed by atoms with Crippen LogP contribution in [0.4, 0.5) is 0 Å². The van der Waals surface area contributed by atoms with Crippen molar-refractivity contribution in [2.75, 3.05) is 19.6 Å². The number of carbonyl (C=O) groups excluding carboxylic acids is 3. The summed E-state index contributed by atoms with van der Waals surface area (Å²) in [6.07, 6.45) is 1.27. The molecule has 1 saturated heterocycles. The number of carbonyl (C=O) groups is 3. The predicted molar refractivity (Wildman–Crippen MR) is 125 cm³/mol. The summed E-state index contributed by atoms with van der Waals surface area (Å²) in [6, 6.07) is 17.3. The minimum absolute atomic E-state index is 0.0234. The van der Waals surface area contributed by atoms with Crippen LogP contribution in [0.2, 0.25) is 0 Å². The van der Waals surface area contributed by atoms with Gasteiger partial charge in [0.2, 0.25) is 11.8 Å². The normalized spacial score (nSPS) is 14.7. The van der Waals surface area contributed by atoms with Gasteiger partial charge in [0.05, 0.1) is 6.54 Å². The summed E-state index contributed by atoms with van der Waals surface area (Å²) >= 11 is 0. The van der Waals surface area contributed by atoms with Crippen molar-refractivity contribution in [3.63, 3.8) is 0 Å². The zero-order valence-corrected chi connectivity index (χ0v) is 19.2. The number of hydrogen-bond acceptors (Lipinski definition) is 3. The fourth-order valence-corrected chi connectivity index (χ4v) is 3.81. The zero-order chi connectivity index (χ0) is 23.1. The van der Waals surface area contributed by atoms with Crippen LogP contribution in [-0.2, 0) is 21.5 Å². The van der Waals surface area contributed by atoms with E-state index in [0.29, 0.717) is 38.0 Å². The van der Waals surface area contributed by atoms with Gasteiger partial charge in [0.25, 0.3) is 5.91 Å². The van der Waals surface area contributed by atoms with E-state index in [9.17, 15) is 14.4 Å². The molecule has 3 rings (SSSR count). The molecule has 1 fully saturated rings. The molecule has 0 spiro atoms. The monoisotopic (exact) mass is 435 g/mol. The van der Waals surface area contributed by atoms with Crippen molar-refractivity contribution in [1.29, 1.82) is 0 Å². The molecule has 1 aliphatic heterocycles. The third kappa shape index (κ3) is 6.42. The summed E-state index contributed by atoms with van der Waals surface area (Å²) in [7, 11) is 0. The van der Waals surface area contributed by atoms with Gasteiger partial charge < -0.3 is 15.5 Å². The number of likely N-dealkylation sites (tertiary alicyclic amines) is 1. The van der Waals surface area contributed by atoms with Crippen LogP contribution >= 0.6 is 0 Å². The highest BCUT2D eigenvalue weighted by Crippen LogP contribution is 2.22. The Morgan fingerprint density at radius 3 is 2.12 bits per heavy atom. The molecular formula is C26H33N3O3. The molecule has 3 amide bonds. The quantitative estimate of drug-likeness (QED) is 0.731. The topological polar surface area (TPSA) is 78.5 Å². The molecule has 6 nitrogen and oxygen atoms in total. The van der Waals surface area contributed by atoms with Gasteiger partial charge in [0.1, 0.15) is 0 Å². The van der Waals surface area contributed by atoms with Gasteiger partial charge in [-0.2, -0.15) is 0 Å². The summed E-state index contributed by atoms with van der Waals surface area (Å²) < 4.78 is 0. The van der Waals surface area contributed by atoms with Gasteiger partial charge in [-0.1, -0.05) is 63.2 Å². The van der Waals surface area contributed by atoms with Gasteiger partial charge in [-0.05, 0) is 41.5 Å². The van der Waals surface area contributed by atoms with E-state index in [-0.39, 0.29) is 35.6 Å². The fourth-order valence-electron chi connectivity index (χ4n) is 3.81. The lowest BCUT2D eigenvalue weighted by Gasteiger charge is -2.31. The zero-order valence-electron chi connectivity index (χ0n) is 19.2. The maximum atomic E-state index is 12.5. The van der Waals surface area contributed by atoms with E-state index < -0.39 is 0 Å². The van der Waals surface area contributed by atoms with Crippen molar-refractivity contribution >= 4 is 17.7 Å². The van der Waals surface area contributed by atoms with Crippen LogP contribution in [0.15, 0.2) is 54.6 Å². The number of benzene rings is 2. The van der Waals surface area contributed by atoms with Crippen LogP contribution in [0.3, 0.4) is 0 Å². The Labute approximate surface area is 190 Å². The molecule has 2 aromatic carbocycles. The predicted octanol–water partition coefficient (Wildman–Crippen LogP) is 3.27. The van der Waals surface area contributed by atoms with Gasteiger partial charge in [-0.3, -0.25) is 14.4 Å². The lowest BCUT2D eigenvalue weighted by atomic mass is 9.87. The molecule has 0 bridgehead atoms. The number of piperidine rings is 1. The highest BCUT2D eigenvalue weighted by Gasteiger charge is 2.27. The maximum absolute atomic E-state index is 12.5. The molecule has 0 atom stereocenters. The second-order valence-electron chi connectivity index (χ2n) is 9.37. The van der Waals surface area contributed by atoms with Gasteiger partial charge >= 0.3 is 0 Å². The Balaban J connectivity index is 1.40. The minimum atomic E-state index is -0.256. The second kappa shape index (κ2) is 10.4. The molecule has 2 aromatic rings. The Hall–Kier alpha value is -3.15. The average molecular weight is 436 g/mol. The SMILES string of the molecule is CC(C)(C)c1ccc(C(=O)NCC(=O)N2CCC(C(=O)NCc3ccccc3)CC2)cc1. The van der Waals surface area contributed by atoms with Gasteiger partial charge in [-0.15, -0.1) is 0 Å². The molecule has 170 valence electrons. The lowest BCUT2D eigenvalue weighted by Crippen LogP contribution is -2.46. The molecule has 0 unspecified atom stereocenters. The van der Waals surface area contributed by atoms with Crippen LogP contribution in [0.5, 0.6) is 0 Å². The molecule has 0 radical (unpaired) electrons. The van der Waals surface area contributed by atoms with Crippen LogP contribution < -0.4 is 10.6 Å². The maximum Gasteiger partial charge on any atom is 0.251 e. The van der Waals surface area contributed by atoms with E-state index in [2.05, 4.69) is 31.4 Å². The van der Waals surface area contributed by atoms with Crippen molar-refractivity contribution in [3.8, 4) is 0 Å². The van der Waals surface area contributed by atoms with Gasteiger partial charge in [0, 0.05) is 31.1 Å². The van der Waals surface area contributed by atoms with E-state index in [1.807, 2.05) is 42.5 Å². The van der Waals surface area contributed by atoms with E-state index in [4.69, 9.17) is 0 Å². The third-order valence-corrected chi connectivity index (χ3v) is 5.94. The average Bonchev–Trinajstić information content (AvgIpc) is 2.81. The van der Waals surface area contributed by atoms with Crippen LogP contribution in [-0.4, -0.2) is 42.3 Å². The summed E-state index contributed by atoms with van der Waals surface area (Å²) in [5.74, 6) is -0.423. The van der Waals surface area contributed by atoms with Crippen LogP contribution in [0, 0.1) is 5.92 Å². The van der Waals surface area contributed by atoms with Crippen LogP contribution in [0.1, 0.15) is 55.1 Å². The second-order valence-corrected chi connectivity index (χ2v) is 9.37. The first-order chi connectivity index (χ1) is 15.2. The van der Waals surface area contributed by atoms with Gasteiger partial charge in [-0.25, -0.2) is 0 Å². The molecule has 0 aromatic heterocycles. The minimum Gasteiger partial charge on any atom is -0.352 e. The van der Waals surface area contributed by atoms with Crippen molar-refractivity contribution in [2.24, 2.45) is 5.92 Å². The molecule has 0 saturated carbocycles. The van der Waals surface area contributed by atoms with E-state index in [0.717, 1.165) is 11.1 Å². The Bertz CT molecular complexity index is 925. The van der Waals surface area contributed by atoms with E-state index in [1.54, 1.807) is 17.0 Å². The molecule has 1 heterocycles. The van der Waals surface area contributed by atoms with Crippen LogP contribution in [0.25, 0.3) is 0 Å². The summed E-state index contributed by atoms with van der Waals surface area (Å²) in [5, 5.41) is 5.70. The van der Waals surface area contributed by atoms with E-state index >= 15 is 0 Å². The molecule has 6 heteroatoms. The summed E-state index contributed by atoms with van der Waals surface area (Å²) in [5.41, 5.74) is 2.79. The van der Waals surface area contributed by atoms with Crippen molar-refractivity contribution in [1.82, 2.24) is 15.5 Å². The first kappa shape index (κ1) is 23.5. The number of rotatable bonds is 6. The van der Waals surface area contributed by atoms with Crippen molar-refractivity contribution in [2.45, 2.75) is 45.6 Å². The first-order valence-corrected chi connectivity index (χ1v) is 11.2. The molecule has 1 aliphatic rings. The molecule has 0 aliphatic carbocycles. The lowest BCUT2D eigenvalue weighted by molar-refractivity contribution is -0.134. The number of hydrogen-bond donors (Lipinski definition) is 2. The van der Waals surface area contributed by atoms with Crippen molar-refractivity contribution < 1.29 is 14.4 Å². The molecule has 32 heavy (non-hydrogen) atoms. The smallest absolute Gasteiger partial charge is 0.251 e. The Morgan fingerprint density at radius 2 is 1.53 bits per heavy atom. The summed E-state index contributed by atoms with van der Waals surface area (Å²) in [6.45, 7) is 7.90. The number of nitrogens with one attached hydrogen (secondary N) is 2. The fraction of sp³-hybridized carbons (Fsp3) is 0.423. The molecule has 2 N–H and O–H groups in total. The standard InChI is InChI=1S/C26H33N3O3/c1-26(2,3)22-11-9-20(10-12-22)24(31)28-18-23(30)29-15-13-21(14-16-29)25(32)27-17-19-7-5-4-6-8-19/h4-12,21H,13-18H2,1-3H3,(H,27,32)(H,28,31). The Kier molecular flexibility index (Phi) is 7.67. The summed E-state index contributed by atoms with van der Waals surface area (Å²) in [4.78, 5) is 39.1. The van der Waals surface area contributed by atoms with Crippen molar-refractivity contribution in [3.05, 3.63) is 71.3 Å². The third-order valence-electron chi connectivity index (χ3n) is 5.94. The first-order valence-electron chi connectivity index (χ1n) is 11.2. The number of nitrogens with zero attached hydrogens (tertiary/aromatic N) is 1. The highest BCUT2D eigenvalue weighted by molar-refractivity contribution is 5.96. The Morgan fingerprint density at radius 1 is 0.906 bits per heavy atom.